The second-order valence-corrected chi connectivity index (χ2v) is 40.9. The topological polar surface area (TPSA) is 222 Å². The van der Waals surface area contributed by atoms with Crippen molar-refractivity contribution in [3.63, 3.8) is 0 Å². The number of nitriles is 1. The van der Waals surface area contributed by atoms with E-state index in [9.17, 15) is 12.8 Å². The number of nitrogens with zero attached hydrogens (tertiary/aromatic N) is 12. The lowest BCUT2D eigenvalue weighted by Crippen LogP contribution is -2.09. The molecular weight excluding hydrogens is 1560 g/mol. The van der Waals surface area contributed by atoms with Crippen molar-refractivity contribution in [2.24, 2.45) is 21.1 Å². The third-order valence-electron chi connectivity index (χ3n) is 20.1. The zero-order chi connectivity index (χ0) is 81.3. The number of para-hydroxylation sites is 1. The first-order chi connectivity index (χ1) is 53.6. The molecule has 0 radical (unpaired) electrons. The Balaban J connectivity index is 0.000000152. The number of benzene rings is 1. The maximum Gasteiger partial charge on any atom is 0.242 e. The summed E-state index contributed by atoms with van der Waals surface area (Å²) in [5.74, 6) is 0.623. The van der Waals surface area contributed by atoms with Crippen molar-refractivity contribution >= 4 is 166 Å². The lowest BCUT2D eigenvalue weighted by atomic mass is 10.1. The quantitative estimate of drug-likeness (QED) is 0.0510. The molecule has 18 nitrogen and oxygen atoms in total. The first-order valence-electron chi connectivity index (χ1n) is 39.5. The molecular formula is C85H115FN14O4S8. The summed E-state index contributed by atoms with van der Waals surface area (Å²) in [6.45, 7) is 38.7. The number of rotatable bonds is 25. The number of nitrogens with one attached hydrogen (secondary N) is 2. The maximum atomic E-state index is 13.2. The molecule has 2 N–H and O–H groups in total. The van der Waals surface area contributed by atoms with E-state index >= 15 is 0 Å². The van der Waals surface area contributed by atoms with Gasteiger partial charge in [-0.25, -0.2) is 13.1 Å². The predicted octanol–water partition coefficient (Wildman–Crippen LogP) is 25.8. The smallest absolute Gasteiger partial charge is 0.242 e. The molecule has 0 saturated carbocycles. The SMILES string of the molecule is CCCCCCCCS(=O)(=O)c1nn(C)c2c(C)sc(C)c12.CCCCCCCCc1n[nH]c2c(C)sc(C)c12.CCCCCCc1noc2c(C)sc(C)c12.CCCCOc1nn(-c2ccccc2)c2c(C)sc(C)c12.Cc1sc(C)c2[nH]ncc12.Cc1sc(C)c2c1c(C#N)nn2C.Cc1sc(C)c2c1c(F)nn2C. The summed E-state index contributed by atoms with van der Waals surface area (Å²) in [6.07, 6.45) is 26.0. The van der Waals surface area contributed by atoms with Crippen LogP contribution in [0, 0.1) is 114 Å². The van der Waals surface area contributed by atoms with Crippen LogP contribution in [-0.4, -0.2) is 85.5 Å². The largest absolute Gasteiger partial charge is 0.476 e. The molecule has 0 fully saturated rings. The third kappa shape index (κ3) is 21.0. The fourth-order valence-electron chi connectivity index (χ4n) is 14.6. The summed E-state index contributed by atoms with van der Waals surface area (Å²) >= 11 is 12.3. The summed E-state index contributed by atoms with van der Waals surface area (Å²) in [7, 11) is 2.18. The van der Waals surface area contributed by atoms with Gasteiger partial charge in [0.1, 0.15) is 6.07 Å². The number of fused-ring (bicyclic) bond motifs is 7. The Hall–Kier alpha value is -7.42. The van der Waals surface area contributed by atoms with E-state index in [4.69, 9.17) is 19.6 Å². The summed E-state index contributed by atoms with van der Waals surface area (Å²) in [5.41, 5.74) is 11.7. The Morgan fingerprint density at radius 3 is 1.55 bits per heavy atom. The first-order valence-corrected chi connectivity index (χ1v) is 46.9. The zero-order valence-corrected chi connectivity index (χ0v) is 76.2. The fourth-order valence-corrected chi connectivity index (χ4v) is 23.5. The van der Waals surface area contributed by atoms with Gasteiger partial charge in [0.25, 0.3) is 0 Å². The van der Waals surface area contributed by atoms with E-state index in [1.807, 2.05) is 123 Å². The minimum absolute atomic E-state index is 0.208. The molecule has 0 aliphatic heterocycles. The predicted molar refractivity (Wildman–Crippen MR) is 476 cm³/mol. The Morgan fingerprint density at radius 2 is 0.946 bits per heavy atom. The van der Waals surface area contributed by atoms with Gasteiger partial charge in [0.2, 0.25) is 11.8 Å². The number of aromatic nitrogens is 13. The molecule has 112 heavy (non-hydrogen) atoms. The van der Waals surface area contributed by atoms with Crippen molar-refractivity contribution in [2.75, 3.05) is 12.4 Å². The number of unbranched alkanes of at least 4 members (excludes halogenated alkanes) is 14. The van der Waals surface area contributed by atoms with Crippen molar-refractivity contribution in [3.05, 3.63) is 128 Å². The maximum absolute atomic E-state index is 13.2. The van der Waals surface area contributed by atoms with Crippen LogP contribution in [-0.2, 0) is 43.8 Å². The molecule has 14 heterocycles. The van der Waals surface area contributed by atoms with Crippen LogP contribution < -0.4 is 4.74 Å². The average Bonchev–Trinajstić information content (AvgIpc) is 1.59. The summed E-state index contributed by atoms with van der Waals surface area (Å²) < 4.78 is 56.9. The molecule has 15 aromatic rings. The Bertz CT molecular complexity index is 5600. The number of aryl methyl sites for hydroxylation is 19. The molecule has 27 heteroatoms. The van der Waals surface area contributed by atoms with Gasteiger partial charge in [-0.15, -0.1) is 89.6 Å². The van der Waals surface area contributed by atoms with Crippen molar-refractivity contribution in [1.82, 2.24) is 64.7 Å². The third-order valence-corrected chi connectivity index (χ3v) is 28.9. The molecule has 0 saturated heterocycles. The van der Waals surface area contributed by atoms with E-state index in [0.29, 0.717) is 11.1 Å². The molecule has 0 aliphatic carbocycles. The van der Waals surface area contributed by atoms with E-state index in [0.717, 1.165) is 127 Å². The van der Waals surface area contributed by atoms with Gasteiger partial charge in [0, 0.05) is 100 Å². The fraction of sp³-hybridized carbons (Fsp3) is 0.506. The van der Waals surface area contributed by atoms with Gasteiger partial charge >= 0.3 is 0 Å². The highest BCUT2D eigenvalue weighted by Crippen LogP contribution is 2.41. The number of sulfone groups is 1. The van der Waals surface area contributed by atoms with Crippen LogP contribution in [0.4, 0.5) is 4.39 Å². The summed E-state index contributed by atoms with van der Waals surface area (Å²) in [5, 5.41) is 52.5. The number of hydrogen-bond acceptors (Lipinski definition) is 19. The summed E-state index contributed by atoms with van der Waals surface area (Å²) in [6, 6.07) is 12.4. The van der Waals surface area contributed by atoms with Gasteiger partial charge in [-0.2, -0.15) is 30.0 Å². The second-order valence-electron chi connectivity index (χ2n) is 28.9. The van der Waals surface area contributed by atoms with Crippen LogP contribution in [0.5, 0.6) is 5.88 Å². The molecule has 0 atom stereocenters. The Labute approximate surface area is 689 Å². The van der Waals surface area contributed by atoms with Crippen LogP contribution in [0.3, 0.4) is 0 Å². The van der Waals surface area contributed by atoms with Gasteiger partial charge in [-0.05, 0) is 148 Å². The first kappa shape index (κ1) is 88.5. The average molecular weight is 1670 g/mol. The van der Waals surface area contributed by atoms with Gasteiger partial charge in [0.05, 0.1) is 95.7 Å². The highest BCUT2D eigenvalue weighted by molar-refractivity contribution is 7.91. The van der Waals surface area contributed by atoms with E-state index in [-0.39, 0.29) is 16.7 Å². The molecule has 0 spiro atoms. The number of hydrogen-bond donors (Lipinski definition) is 2. The van der Waals surface area contributed by atoms with Crippen LogP contribution in [0.25, 0.3) is 82.1 Å². The van der Waals surface area contributed by atoms with E-state index in [2.05, 4.69) is 149 Å². The minimum atomic E-state index is -3.29. The van der Waals surface area contributed by atoms with Crippen molar-refractivity contribution in [2.45, 2.75) is 258 Å². The normalized spacial score (nSPS) is 11.4. The second kappa shape index (κ2) is 41.2. The van der Waals surface area contributed by atoms with E-state index in [1.54, 1.807) is 55.1 Å². The zero-order valence-electron chi connectivity index (χ0n) is 69.7. The minimum Gasteiger partial charge on any atom is -0.476 e. The van der Waals surface area contributed by atoms with Crippen LogP contribution >= 0.6 is 79.4 Å². The lowest BCUT2D eigenvalue weighted by Gasteiger charge is -2.03. The molecule has 1 aromatic carbocycles. The highest BCUT2D eigenvalue weighted by Gasteiger charge is 2.27. The van der Waals surface area contributed by atoms with Gasteiger partial charge < -0.3 is 9.26 Å². The molecule has 15 rings (SSSR count). The van der Waals surface area contributed by atoms with Crippen LogP contribution in [0.15, 0.2) is 46.1 Å². The highest BCUT2D eigenvalue weighted by atomic mass is 32.2. The van der Waals surface area contributed by atoms with Gasteiger partial charge in [-0.3, -0.25) is 24.2 Å². The number of ether oxygens (including phenoxy) is 1. The number of aromatic amines is 2. The van der Waals surface area contributed by atoms with E-state index in [1.165, 1.54) is 171 Å². The summed E-state index contributed by atoms with van der Waals surface area (Å²) in [4.78, 5) is 17.3. The van der Waals surface area contributed by atoms with Gasteiger partial charge in [-0.1, -0.05) is 141 Å². The van der Waals surface area contributed by atoms with Crippen molar-refractivity contribution in [1.29, 1.82) is 5.26 Å². The van der Waals surface area contributed by atoms with Crippen molar-refractivity contribution < 1.29 is 22.1 Å². The Kier molecular flexibility index (Phi) is 32.6. The molecule has 604 valence electrons. The molecule has 0 aliphatic rings. The van der Waals surface area contributed by atoms with E-state index < -0.39 is 9.84 Å². The molecule has 0 unspecified atom stereocenters. The molecule has 0 amide bonds. The Morgan fingerprint density at radius 1 is 0.473 bits per heavy atom. The number of halogens is 1. The van der Waals surface area contributed by atoms with Crippen molar-refractivity contribution in [3.8, 4) is 17.6 Å². The standard InChI is InChI=1S/C17H20N2OS.C16H26N2O2S2.C15H24N2S.C13H19NOS.C9H9N3S.C8H9FN2S.C7H8N2S/c1-4-5-11-20-17-15-12(2)21-13(3)16(15)19(18-17)14-9-7-6-8-10-14;1-5-6-7-8-9-10-11-22(19,20)16-14-12(2)21-13(3)15(14)18(4)17-16;1-4-5-6-7-8-9-10-13-14-11(2)18-12(3)15(14)17-16-13;1-4-5-6-7-8-11-12-9(2)16-10(3)13(12)15-14-11;1-5-8-7(4-10)11-12(3)9(8)6(2)13-5;1-4-6-7(5(2)12-4)11(3)10-8(6)9;1-4-6-3-8-9-7(6)5(2)10-4/h6-10H,4-5,11H2,1-3H3;5-11H2,1-4H3;17H,4-10H2,1-3H3;4-8H2,1-3H3;1-3H3;1-3H3;3,9H,1-2H3. The lowest BCUT2D eigenvalue weighted by molar-refractivity contribution is 0.299. The number of H-pyrrole nitrogens is 2. The van der Waals surface area contributed by atoms with Crippen LogP contribution in [0.2, 0.25) is 0 Å². The van der Waals surface area contributed by atoms with Gasteiger partial charge in [0.15, 0.2) is 26.1 Å². The van der Waals surface area contributed by atoms with Crippen LogP contribution in [0.1, 0.15) is 229 Å². The monoisotopic (exact) mass is 1670 g/mol. The number of thiophene rings is 7. The molecule has 0 bridgehead atoms. The molecule has 14 aromatic heterocycles.